The Hall–Kier alpha value is -2.10. The van der Waals surface area contributed by atoms with E-state index in [0.29, 0.717) is 5.92 Å². The van der Waals surface area contributed by atoms with Gasteiger partial charge in [-0.15, -0.1) is 0 Å². The van der Waals surface area contributed by atoms with Crippen LogP contribution in [0.2, 0.25) is 0 Å². The molecule has 23 heavy (non-hydrogen) atoms. The average molecular weight is 314 g/mol. The van der Waals surface area contributed by atoms with Gasteiger partial charge in [0.15, 0.2) is 6.61 Å². The van der Waals surface area contributed by atoms with E-state index in [9.17, 15) is 4.79 Å². The lowest BCUT2D eigenvalue weighted by Gasteiger charge is -2.11. The summed E-state index contributed by atoms with van der Waals surface area (Å²) in [6.07, 6.45) is 1.03. The highest BCUT2D eigenvalue weighted by atomic mass is 16.5. The summed E-state index contributed by atoms with van der Waals surface area (Å²) in [7, 11) is 0. The van der Waals surface area contributed by atoms with Crippen molar-refractivity contribution >= 4 is 5.91 Å². The summed E-state index contributed by atoms with van der Waals surface area (Å²) in [6.45, 7) is 12.3. The molecule has 0 amide bonds. The van der Waals surface area contributed by atoms with E-state index >= 15 is 0 Å². The fourth-order valence-corrected chi connectivity index (χ4v) is 2.90. The van der Waals surface area contributed by atoms with Crippen molar-refractivity contribution in [3.63, 3.8) is 0 Å². The van der Waals surface area contributed by atoms with Gasteiger partial charge in [0.1, 0.15) is 5.75 Å². The van der Waals surface area contributed by atoms with Crippen molar-refractivity contribution in [2.75, 3.05) is 6.61 Å². The minimum atomic E-state index is -0.138. The van der Waals surface area contributed by atoms with Crippen LogP contribution in [-0.2, 0) is 0 Å². The predicted octanol–water partition coefficient (Wildman–Crippen LogP) is 4.35. The Bertz CT molecular complexity index is 716. The summed E-state index contributed by atoms with van der Waals surface area (Å²) in [5, 5.41) is 4.42. The minimum Gasteiger partial charge on any atom is -0.483 e. The van der Waals surface area contributed by atoms with E-state index in [-0.39, 0.29) is 12.5 Å². The lowest BCUT2D eigenvalue weighted by atomic mass is 9.97. The number of carbonyl (C=O) groups excluding carboxylic acids is 1. The largest absolute Gasteiger partial charge is 0.483 e. The summed E-state index contributed by atoms with van der Waals surface area (Å²) in [5.41, 5.74) is 5.24. The number of hydrogen-bond acceptors (Lipinski definition) is 3. The van der Waals surface area contributed by atoms with Gasteiger partial charge in [-0.1, -0.05) is 26.0 Å². The highest BCUT2D eigenvalue weighted by Crippen LogP contribution is 2.26. The minimum absolute atomic E-state index is 0.00774. The molecule has 4 nitrogen and oxygen atoms in total. The van der Waals surface area contributed by atoms with Crippen molar-refractivity contribution in [3.05, 3.63) is 46.3 Å². The van der Waals surface area contributed by atoms with Gasteiger partial charge in [0.2, 0.25) is 0 Å². The fourth-order valence-electron chi connectivity index (χ4n) is 2.90. The molecule has 0 bridgehead atoms. The predicted molar refractivity (Wildman–Crippen MR) is 92.4 cm³/mol. The Kier molecular flexibility index (Phi) is 5.24. The average Bonchev–Trinajstić information content (AvgIpc) is 2.82. The van der Waals surface area contributed by atoms with Gasteiger partial charge in [0.25, 0.3) is 5.91 Å². The Morgan fingerprint density at radius 2 is 1.96 bits per heavy atom. The molecule has 1 aromatic carbocycles. The summed E-state index contributed by atoms with van der Waals surface area (Å²) in [5.74, 6) is 1.01. The van der Waals surface area contributed by atoms with Crippen LogP contribution in [0.15, 0.2) is 18.2 Å². The molecule has 1 aromatic heterocycles. The van der Waals surface area contributed by atoms with Crippen LogP contribution >= 0.6 is 0 Å². The van der Waals surface area contributed by atoms with Gasteiger partial charge in [0, 0.05) is 5.69 Å². The molecular formula is C19H26N2O2. The summed E-state index contributed by atoms with van der Waals surface area (Å²) in [4.78, 5) is 12.5. The third-order valence-corrected chi connectivity index (χ3v) is 4.59. The van der Waals surface area contributed by atoms with E-state index in [4.69, 9.17) is 4.74 Å². The number of nitrogens with zero attached hydrogens (tertiary/aromatic N) is 2. The molecular weight excluding hydrogens is 288 g/mol. The number of ether oxygens (including phenoxy) is 1. The lowest BCUT2D eigenvalue weighted by molar-refractivity contribution is 0.0817. The fraction of sp³-hybridized carbons (Fsp3) is 0.474. The molecule has 0 saturated carbocycles. The maximum Gasteiger partial charge on any atom is 0.284 e. The standard InChI is InChI=1S/C19H26N2O2/c1-7-12(2)19-15(5)20-21(16(19)6)18(22)11-23-17-10-8-9-13(3)14(17)4/h8-10,12H,7,11H2,1-6H3. The van der Waals surface area contributed by atoms with E-state index in [2.05, 4.69) is 18.9 Å². The number of aromatic nitrogens is 2. The van der Waals surface area contributed by atoms with Gasteiger partial charge < -0.3 is 4.74 Å². The van der Waals surface area contributed by atoms with E-state index in [1.807, 2.05) is 45.9 Å². The third kappa shape index (κ3) is 3.46. The zero-order valence-electron chi connectivity index (χ0n) is 14.9. The molecule has 0 aliphatic carbocycles. The van der Waals surface area contributed by atoms with Crippen LogP contribution in [0.3, 0.4) is 0 Å². The van der Waals surface area contributed by atoms with Crippen LogP contribution in [0.1, 0.15) is 59.1 Å². The molecule has 1 atom stereocenters. The molecule has 2 aromatic rings. The van der Waals surface area contributed by atoms with Crippen LogP contribution in [0.5, 0.6) is 5.75 Å². The Balaban J connectivity index is 2.17. The summed E-state index contributed by atoms with van der Waals surface area (Å²) in [6, 6.07) is 5.86. The zero-order valence-corrected chi connectivity index (χ0v) is 14.9. The first kappa shape index (κ1) is 17.3. The molecule has 0 spiro atoms. The first-order valence-corrected chi connectivity index (χ1v) is 8.15. The first-order valence-electron chi connectivity index (χ1n) is 8.15. The Morgan fingerprint density at radius 1 is 1.26 bits per heavy atom. The maximum atomic E-state index is 12.5. The molecule has 4 heteroatoms. The number of aryl methyl sites for hydroxylation is 2. The van der Waals surface area contributed by atoms with E-state index in [0.717, 1.165) is 34.7 Å². The molecule has 0 aliphatic rings. The van der Waals surface area contributed by atoms with Crippen molar-refractivity contribution in [2.24, 2.45) is 0 Å². The van der Waals surface area contributed by atoms with Crippen molar-refractivity contribution in [3.8, 4) is 5.75 Å². The molecule has 1 heterocycles. The van der Waals surface area contributed by atoms with Crippen molar-refractivity contribution in [1.29, 1.82) is 0 Å². The SMILES string of the molecule is CCC(C)c1c(C)nn(C(=O)COc2cccc(C)c2C)c1C. The third-order valence-electron chi connectivity index (χ3n) is 4.59. The molecule has 0 aliphatic heterocycles. The monoisotopic (exact) mass is 314 g/mol. The quantitative estimate of drug-likeness (QED) is 0.824. The molecule has 0 fully saturated rings. The smallest absolute Gasteiger partial charge is 0.284 e. The summed E-state index contributed by atoms with van der Waals surface area (Å²) >= 11 is 0. The lowest BCUT2D eigenvalue weighted by Crippen LogP contribution is -2.22. The second-order valence-electron chi connectivity index (χ2n) is 6.19. The van der Waals surface area contributed by atoms with Gasteiger partial charge in [-0.05, 0) is 62.8 Å². The van der Waals surface area contributed by atoms with Crippen LogP contribution < -0.4 is 4.74 Å². The van der Waals surface area contributed by atoms with Gasteiger partial charge in [-0.2, -0.15) is 5.10 Å². The number of benzene rings is 1. The van der Waals surface area contributed by atoms with Gasteiger partial charge in [-0.3, -0.25) is 4.79 Å². The number of rotatable bonds is 5. The van der Waals surface area contributed by atoms with E-state index in [1.165, 1.54) is 10.2 Å². The number of hydrogen-bond donors (Lipinski definition) is 0. The maximum absolute atomic E-state index is 12.5. The molecule has 0 saturated heterocycles. The van der Waals surface area contributed by atoms with E-state index in [1.54, 1.807) is 0 Å². The second-order valence-corrected chi connectivity index (χ2v) is 6.19. The first-order chi connectivity index (χ1) is 10.9. The zero-order chi connectivity index (χ0) is 17.1. The van der Waals surface area contributed by atoms with Crippen LogP contribution in [-0.4, -0.2) is 22.3 Å². The number of carbonyl (C=O) groups is 1. The van der Waals surface area contributed by atoms with Gasteiger partial charge in [0.05, 0.1) is 5.69 Å². The Labute approximate surface area is 138 Å². The second kappa shape index (κ2) is 6.99. The molecule has 0 radical (unpaired) electrons. The molecule has 1 unspecified atom stereocenters. The van der Waals surface area contributed by atoms with Crippen LogP contribution in [0.4, 0.5) is 0 Å². The van der Waals surface area contributed by atoms with Gasteiger partial charge in [-0.25, -0.2) is 4.68 Å². The van der Waals surface area contributed by atoms with Crippen LogP contribution in [0, 0.1) is 27.7 Å². The van der Waals surface area contributed by atoms with Crippen molar-refractivity contribution in [2.45, 2.75) is 53.9 Å². The summed E-state index contributed by atoms with van der Waals surface area (Å²) < 4.78 is 7.20. The highest BCUT2D eigenvalue weighted by molar-refractivity contribution is 5.80. The normalized spacial score (nSPS) is 12.3. The molecule has 2 rings (SSSR count). The van der Waals surface area contributed by atoms with Crippen molar-refractivity contribution < 1.29 is 9.53 Å². The van der Waals surface area contributed by atoms with Crippen LogP contribution in [0.25, 0.3) is 0 Å². The topological polar surface area (TPSA) is 44.1 Å². The molecule has 0 N–H and O–H groups in total. The highest BCUT2D eigenvalue weighted by Gasteiger charge is 2.20. The Morgan fingerprint density at radius 3 is 2.61 bits per heavy atom. The molecule has 124 valence electrons. The van der Waals surface area contributed by atoms with E-state index < -0.39 is 0 Å². The van der Waals surface area contributed by atoms with Crippen molar-refractivity contribution in [1.82, 2.24) is 9.78 Å². The van der Waals surface area contributed by atoms with Gasteiger partial charge >= 0.3 is 0 Å².